The molecule has 4 nitrogen and oxygen atoms in total. The van der Waals surface area contributed by atoms with Crippen molar-refractivity contribution in [3.63, 3.8) is 0 Å². The van der Waals surface area contributed by atoms with Gasteiger partial charge in [0.2, 0.25) is 0 Å². The maximum Gasteiger partial charge on any atom is 0.340 e. The average molecular weight is 300 g/mol. The fourth-order valence-electron chi connectivity index (χ4n) is 1.39. The van der Waals surface area contributed by atoms with Crippen LogP contribution in [0.2, 0.25) is 0 Å². The Balaban J connectivity index is 2.86. The van der Waals surface area contributed by atoms with Crippen LogP contribution >= 0.6 is 15.9 Å². The van der Waals surface area contributed by atoms with Gasteiger partial charge in [-0.05, 0) is 24.6 Å². The van der Waals surface area contributed by atoms with E-state index in [1.165, 1.54) is 0 Å². The number of anilines is 1. The predicted octanol–water partition coefficient (Wildman–Crippen LogP) is 1.95. The zero-order chi connectivity index (χ0) is 12.8. The monoisotopic (exact) mass is 299 g/mol. The Morgan fingerprint density at radius 2 is 2.12 bits per heavy atom. The number of halogens is 1. The second-order valence-electron chi connectivity index (χ2n) is 3.49. The normalized spacial score (nSPS) is 10.0. The summed E-state index contributed by atoms with van der Waals surface area (Å²) in [4.78, 5) is 22.7. The first-order valence-electron chi connectivity index (χ1n) is 5.21. The highest BCUT2D eigenvalue weighted by atomic mass is 79.9. The number of Topliss-reactive ketones (excluding diaryl/α,β-unsaturated/α-hetero) is 1. The first-order chi connectivity index (χ1) is 8.08. The van der Waals surface area contributed by atoms with Crippen molar-refractivity contribution >= 4 is 33.4 Å². The third kappa shape index (κ3) is 3.85. The van der Waals surface area contributed by atoms with E-state index < -0.39 is 5.97 Å². The molecule has 0 unspecified atom stereocenters. The van der Waals surface area contributed by atoms with E-state index in [9.17, 15) is 9.59 Å². The van der Waals surface area contributed by atoms with Crippen LogP contribution in [-0.4, -0.2) is 23.7 Å². The van der Waals surface area contributed by atoms with Crippen molar-refractivity contribution in [1.29, 1.82) is 0 Å². The summed E-state index contributed by atoms with van der Waals surface area (Å²) in [5, 5.41) is 0.312. The summed E-state index contributed by atoms with van der Waals surface area (Å²) in [6.45, 7) is 2.04. The summed E-state index contributed by atoms with van der Waals surface area (Å²) >= 11 is 3.09. The Bertz CT molecular complexity index is 432. The summed E-state index contributed by atoms with van der Waals surface area (Å²) in [5.41, 5.74) is 7.21. The third-order valence-corrected chi connectivity index (χ3v) is 2.79. The first-order valence-corrected chi connectivity index (χ1v) is 6.33. The minimum Gasteiger partial charge on any atom is -0.462 e. The maximum absolute atomic E-state index is 11.5. The molecular formula is C12H14BrNO3. The fourth-order valence-corrected chi connectivity index (χ4v) is 1.59. The summed E-state index contributed by atoms with van der Waals surface area (Å²) in [5.74, 6) is -0.378. The van der Waals surface area contributed by atoms with Crippen LogP contribution in [0.25, 0.3) is 0 Å². The molecule has 1 aromatic carbocycles. The molecular weight excluding hydrogens is 286 g/mol. The summed E-state index contributed by atoms with van der Waals surface area (Å²) < 4.78 is 4.86. The van der Waals surface area contributed by atoms with Gasteiger partial charge in [0.1, 0.15) is 5.78 Å². The van der Waals surface area contributed by atoms with Gasteiger partial charge in [0.15, 0.2) is 0 Å². The number of nitrogens with two attached hydrogens (primary N) is 1. The molecule has 0 amide bonds. The Labute approximate surface area is 108 Å². The minimum absolute atomic E-state index is 0.0632. The van der Waals surface area contributed by atoms with E-state index in [1.807, 2.05) is 0 Å². The first kappa shape index (κ1) is 13.7. The molecule has 92 valence electrons. The molecule has 0 aromatic heterocycles. The summed E-state index contributed by atoms with van der Waals surface area (Å²) in [7, 11) is 0. The van der Waals surface area contributed by atoms with Crippen LogP contribution in [-0.2, 0) is 16.0 Å². The smallest absolute Gasteiger partial charge is 0.340 e. The molecule has 1 rings (SSSR count). The number of alkyl halides is 1. The van der Waals surface area contributed by atoms with Crippen molar-refractivity contribution in [1.82, 2.24) is 0 Å². The molecule has 0 saturated carbocycles. The second kappa shape index (κ2) is 6.39. The van der Waals surface area contributed by atoms with E-state index >= 15 is 0 Å². The number of ether oxygens (including phenoxy) is 1. The highest BCUT2D eigenvalue weighted by Crippen LogP contribution is 2.16. The van der Waals surface area contributed by atoms with E-state index in [2.05, 4.69) is 15.9 Å². The number of hydrogen-bond acceptors (Lipinski definition) is 4. The topological polar surface area (TPSA) is 69.4 Å². The van der Waals surface area contributed by atoms with Crippen LogP contribution in [0.1, 0.15) is 22.8 Å². The molecule has 5 heteroatoms. The van der Waals surface area contributed by atoms with Crippen molar-refractivity contribution < 1.29 is 14.3 Å². The van der Waals surface area contributed by atoms with Gasteiger partial charge < -0.3 is 10.5 Å². The molecule has 0 aliphatic rings. The number of carbonyl (C=O) groups is 2. The molecule has 0 saturated heterocycles. The molecule has 0 bridgehead atoms. The van der Waals surface area contributed by atoms with E-state index in [4.69, 9.17) is 10.5 Å². The van der Waals surface area contributed by atoms with Crippen LogP contribution in [0.4, 0.5) is 5.69 Å². The largest absolute Gasteiger partial charge is 0.462 e. The zero-order valence-electron chi connectivity index (χ0n) is 9.53. The molecule has 0 fully saturated rings. The van der Waals surface area contributed by atoms with Crippen LogP contribution in [0.3, 0.4) is 0 Å². The van der Waals surface area contributed by atoms with Crippen LogP contribution in [0.15, 0.2) is 18.2 Å². The van der Waals surface area contributed by atoms with Gasteiger partial charge in [0.25, 0.3) is 0 Å². The third-order valence-electron chi connectivity index (χ3n) is 2.16. The number of nitrogen functional groups attached to an aromatic ring is 1. The maximum atomic E-state index is 11.5. The van der Waals surface area contributed by atoms with E-state index in [-0.39, 0.29) is 5.78 Å². The van der Waals surface area contributed by atoms with Crippen molar-refractivity contribution in [3.8, 4) is 0 Å². The van der Waals surface area contributed by atoms with E-state index in [1.54, 1.807) is 25.1 Å². The van der Waals surface area contributed by atoms with Gasteiger partial charge in [-0.3, -0.25) is 4.79 Å². The quantitative estimate of drug-likeness (QED) is 0.512. The minimum atomic E-state index is -0.441. The van der Waals surface area contributed by atoms with Crippen molar-refractivity contribution in [2.75, 3.05) is 17.7 Å². The van der Waals surface area contributed by atoms with Gasteiger partial charge in [-0.25, -0.2) is 4.79 Å². The molecule has 0 aliphatic heterocycles. The lowest BCUT2D eigenvalue weighted by molar-refractivity contribution is -0.115. The Morgan fingerprint density at radius 1 is 1.41 bits per heavy atom. The number of esters is 1. The average Bonchev–Trinajstić information content (AvgIpc) is 2.29. The summed E-state index contributed by atoms with van der Waals surface area (Å²) in [6.07, 6.45) is 0.304. The van der Waals surface area contributed by atoms with E-state index in [0.717, 1.165) is 5.56 Å². The van der Waals surface area contributed by atoms with Gasteiger partial charge in [0.05, 0.1) is 17.5 Å². The molecule has 17 heavy (non-hydrogen) atoms. The molecule has 0 spiro atoms. The van der Waals surface area contributed by atoms with Crippen molar-refractivity contribution in [2.24, 2.45) is 0 Å². The standard InChI is InChI=1S/C12H14BrNO3/c1-2-17-12(16)10-4-3-8(6-11(10)14)5-9(15)7-13/h3-4,6H,2,5,7,14H2,1H3. The molecule has 2 N–H and O–H groups in total. The lowest BCUT2D eigenvalue weighted by atomic mass is 10.1. The SMILES string of the molecule is CCOC(=O)c1ccc(CC(=O)CBr)cc1N. The Kier molecular flexibility index (Phi) is 5.15. The number of carbonyl (C=O) groups excluding carboxylic acids is 2. The van der Waals surface area contributed by atoms with Gasteiger partial charge >= 0.3 is 5.97 Å². The highest BCUT2D eigenvalue weighted by molar-refractivity contribution is 9.09. The van der Waals surface area contributed by atoms with Crippen LogP contribution in [0.5, 0.6) is 0 Å². The van der Waals surface area contributed by atoms with Crippen LogP contribution < -0.4 is 5.73 Å². The van der Waals surface area contributed by atoms with Crippen molar-refractivity contribution in [2.45, 2.75) is 13.3 Å². The molecule has 0 aliphatic carbocycles. The number of rotatable bonds is 5. The number of benzene rings is 1. The van der Waals surface area contributed by atoms with Gasteiger partial charge in [-0.15, -0.1) is 0 Å². The molecule has 0 radical (unpaired) electrons. The second-order valence-corrected chi connectivity index (χ2v) is 4.05. The van der Waals surface area contributed by atoms with Gasteiger partial charge in [-0.1, -0.05) is 22.0 Å². The molecule has 0 atom stereocenters. The van der Waals surface area contributed by atoms with E-state index in [0.29, 0.717) is 29.6 Å². The fraction of sp³-hybridized carbons (Fsp3) is 0.333. The lowest BCUT2D eigenvalue weighted by Crippen LogP contribution is -2.09. The Morgan fingerprint density at radius 3 is 2.65 bits per heavy atom. The molecule has 1 aromatic rings. The predicted molar refractivity (Wildman–Crippen MR) is 69.3 cm³/mol. The number of hydrogen-bond donors (Lipinski definition) is 1. The van der Waals surface area contributed by atoms with Gasteiger partial charge in [0, 0.05) is 12.1 Å². The molecule has 0 heterocycles. The number of ketones is 1. The zero-order valence-corrected chi connectivity index (χ0v) is 11.1. The van der Waals surface area contributed by atoms with Gasteiger partial charge in [-0.2, -0.15) is 0 Å². The van der Waals surface area contributed by atoms with Crippen molar-refractivity contribution in [3.05, 3.63) is 29.3 Å². The highest BCUT2D eigenvalue weighted by Gasteiger charge is 2.11. The Hall–Kier alpha value is -1.36. The van der Waals surface area contributed by atoms with Crippen LogP contribution in [0, 0.1) is 0 Å². The lowest BCUT2D eigenvalue weighted by Gasteiger charge is -2.07. The summed E-state index contributed by atoms with van der Waals surface area (Å²) in [6, 6.07) is 4.93.